The minimum Gasteiger partial charge on any atom is -0.453 e. The summed E-state index contributed by atoms with van der Waals surface area (Å²) < 4.78 is 4.48. The molecule has 2 rings (SSSR count). The number of anilines is 1. The van der Waals surface area contributed by atoms with Crippen LogP contribution in [0.5, 0.6) is 0 Å². The van der Waals surface area contributed by atoms with Gasteiger partial charge in [-0.05, 0) is 42.5 Å². The van der Waals surface area contributed by atoms with Gasteiger partial charge in [0.1, 0.15) is 0 Å². The summed E-state index contributed by atoms with van der Waals surface area (Å²) in [5.74, 6) is 0. The van der Waals surface area contributed by atoms with E-state index in [0.717, 1.165) is 15.5 Å². The molecule has 0 aromatic heterocycles. The summed E-state index contributed by atoms with van der Waals surface area (Å²) in [5.41, 5.74) is 0.803. The summed E-state index contributed by atoms with van der Waals surface area (Å²) in [6.45, 7) is 0. The van der Waals surface area contributed by atoms with E-state index in [9.17, 15) is 4.79 Å². The first-order valence-corrected chi connectivity index (χ1v) is 7.39. The number of nitrogens with one attached hydrogen (secondary N) is 2. The zero-order valence-electron chi connectivity index (χ0n) is 11.3. The van der Waals surface area contributed by atoms with E-state index in [2.05, 4.69) is 15.4 Å². The molecule has 0 bridgehead atoms. The molecule has 0 saturated carbocycles. The Balaban J connectivity index is 2.01. The summed E-state index contributed by atoms with van der Waals surface area (Å²) in [7, 11) is 1.29. The van der Waals surface area contributed by atoms with E-state index in [0.29, 0.717) is 0 Å². The molecule has 2 aromatic rings. The van der Waals surface area contributed by atoms with E-state index in [1.165, 1.54) is 7.11 Å². The number of thiocarbonyl (C=S) groups is 1. The molecular formula is C15H14N2O2S2. The zero-order valence-corrected chi connectivity index (χ0v) is 13.0. The molecule has 0 aliphatic carbocycles. The van der Waals surface area contributed by atoms with Gasteiger partial charge in [0.2, 0.25) is 0 Å². The van der Waals surface area contributed by atoms with Gasteiger partial charge in [0.25, 0.3) is 0 Å². The fourth-order valence-corrected chi connectivity index (χ4v) is 2.67. The first kappa shape index (κ1) is 15.3. The van der Waals surface area contributed by atoms with Gasteiger partial charge in [-0.3, -0.25) is 5.32 Å². The lowest BCUT2D eigenvalue weighted by molar-refractivity contribution is 0.177. The number of hydrogen-bond acceptors (Lipinski definition) is 4. The van der Waals surface area contributed by atoms with Gasteiger partial charge in [0.15, 0.2) is 5.11 Å². The highest BCUT2D eigenvalue weighted by Gasteiger charge is 2.04. The molecule has 0 aliphatic heterocycles. The maximum Gasteiger partial charge on any atom is 0.413 e. The number of carbonyl (C=O) groups excluding carboxylic acids is 1. The Morgan fingerprint density at radius 2 is 1.81 bits per heavy atom. The molecule has 0 aliphatic rings. The molecule has 6 heteroatoms. The van der Waals surface area contributed by atoms with Gasteiger partial charge in [-0.15, -0.1) is 0 Å². The quantitative estimate of drug-likeness (QED) is 0.841. The van der Waals surface area contributed by atoms with Gasteiger partial charge < -0.3 is 10.1 Å². The number of hydrogen-bond donors (Lipinski definition) is 2. The van der Waals surface area contributed by atoms with Crippen molar-refractivity contribution in [1.82, 2.24) is 5.32 Å². The van der Waals surface area contributed by atoms with Crippen molar-refractivity contribution in [2.45, 2.75) is 9.79 Å². The Bertz CT molecular complexity index is 633. The summed E-state index contributed by atoms with van der Waals surface area (Å²) in [5, 5.41) is 5.54. The van der Waals surface area contributed by atoms with Gasteiger partial charge in [-0.2, -0.15) is 0 Å². The van der Waals surface area contributed by atoms with Crippen LogP contribution in [0.1, 0.15) is 0 Å². The number of alkyl carbamates (subject to hydrolysis) is 1. The van der Waals surface area contributed by atoms with E-state index in [1.807, 2.05) is 54.6 Å². The monoisotopic (exact) mass is 318 g/mol. The third kappa shape index (κ3) is 5.09. The smallest absolute Gasteiger partial charge is 0.413 e. The lowest BCUT2D eigenvalue weighted by Gasteiger charge is -2.09. The van der Waals surface area contributed by atoms with Crippen LogP contribution in [0.2, 0.25) is 0 Å². The van der Waals surface area contributed by atoms with Crippen LogP contribution in [0.3, 0.4) is 0 Å². The van der Waals surface area contributed by atoms with Crippen LogP contribution in [-0.4, -0.2) is 18.3 Å². The van der Waals surface area contributed by atoms with Crippen molar-refractivity contribution in [3.05, 3.63) is 54.6 Å². The van der Waals surface area contributed by atoms with E-state index >= 15 is 0 Å². The standard InChI is InChI=1S/C15H14N2O2S2/c1-19-15(18)17-14(20)16-11-6-5-9-13(10-11)21-12-7-3-2-4-8-12/h2-10H,1H3,(H2,16,17,18,20). The lowest BCUT2D eigenvalue weighted by atomic mass is 10.3. The maximum atomic E-state index is 11.1. The molecule has 0 unspecified atom stereocenters. The molecule has 2 aromatic carbocycles. The van der Waals surface area contributed by atoms with Crippen LogP contribution >= 0.6 is 24.0 Å². The fraction of sp³-hybridized carbons (Fsp3) is 0.0667. The van der Waals surface area contributed by atoms with E-state index in [4.69, 9.17) is 12.2 Å². The number of ether oxygens (including phenoxy) is 1. The second kappa shape index (κ2) is 7.66. The predicted molar refractivity (Wildman–Crippen MR) is 88.8 cm³/mol. The molecule has 0 atom stereocenters. The number of rotatable bonds is 3. The summed E-state index contributed by atoms with van der Waals surface area (Å²) >= 11 is 6.67. The number of benzene rings is 2. The largest absolute Gasteiger partial charge is 0.453 e. The third-order valence-corrected chi connectivity index (χ3v) is 3.67. The predicted octanol–water partition coefficient (Wildman–Crippen LogP) is 3.89. The summed E-state index contributed by atoms with van der Waals surface area (Å²) in [6.07, 6.45) is -0.595. The zero-order chi connectivity index (χ0) is 15.1. The molecule has 0 fully saturated rings. The molecule has 1 amide bonds. The van der Waals surface area contributed by atoms with Crippen LogP contribution in [0, 0.1) is 0 Å². The Hall–Kier alpha value is -2.05. The van der Waals surface area contributed by atoms with Gasteiger partial charge in [-0.25, -0.2) is 4.79 Å². The van der Waals surface area contributed by atoms with Crippen molar-refractivity contribution in [2.75, 3.05) is 12.4 Å². The second-order valence-corrected chi connectivity index (χ2v) is 5.57. The van der Waals surface area contributed by atoms with Gasteiger partial charge >= 0.3 is 6.09 Å². The first-order chi connectivity index (χ1) is 10.2. The molecule has 4 nitrogen and oxygen atoms in total. The SMILES string of the molecule is COC(=O)NC(=S)Nc1cccc(Sc2ccccc2)c1. The lowest BCUT2D eigenvalue weighted by Crippen LogP contribution is -2.33. The molecular weight excluding hydrogens is 304 g/mol. The average Bonchev–Trinajstić information content (AvgIpc) is 2.48. The van der Waals surface area contributed by atoms with Crippen molar-refractivity contribution in [1.29, 1.82) is 0 Å². The Morgan fingerprint density at radius 1 is 1.10 bits per heavy atom. The maximum absolute atomic E-state index is 11.1. The second-order valence-electron chi connectivity index (χ2n) is 4.01. The van der Waals surface area contributed by atoms with Gasteiger partial charge in [-0.1, -0.05) is 36.0 Å². The Morgan fingerprint density at radius 3 is 2.52 bits per heavy atom. The van der Waals surface area contributed by atoms with Crippen LogP contribution < -0.4 is 10.6 Å². The summed E-state index contributed by atoms with van der Waals surface area (Å²) in [6, 6.07) is 17.9. The molecule has 108 valence electrons. The molecule has 0 saturated heterocycles. The number of carbonyl (C=O) groups is 1. The van der Waals surface area contributed by atoms with Crippen molar-refractivity contribution in [3.63, 3.8) is 0 Å². The molecule has 21 heavy (non-hydrogen) atoms. The van der Waals surface area contributed by atoms with Gasteiger partial charge in [0, 0.05) is 15.5 Å². The van der Waals surface area contributed by atoms with Crippen LogP contribution in [0.15, 0.2) is 64.4 Å². The number of methoxy groups -OCH3 is 1. The van der Waals surface area contributed by atoms with Crippen LogP contribution in [0.25, 0.3) is 0 Å². The van der Waals surface area contributed by atoms with E-state index < -0.39 is 6.09 Å². The minimum atomic E-state index is -0.595. The highest BCUT2D eigenvalue weighted by molar-refractivity contribution is 7.99. The van der Waals surface area contributed by atoms with Crippen LogP contribution in [0.4, 0.5) is 10.5 Å². The minimum absolute atomic E-state index is 0.198. The first-order valence-electron chi connectivity index (χ1n) is 6.16. The Labute approximate surface area is 132 Å². The highest BCUT2D eigenvalue weighted by atomic mass is 32.2. The topological polar surface area (TPSA) is 50.4 Å². The molecule has 0 radical (unpaired) electrons. The third-order valence-electron chi connectivity index (χ3n) is 2.47. The highest BCUT2D eigenvalue weighted by Crippen LogP contribution is 2.28. The normalized spacial score (nSPS) is 9.76. The number of amides is 1. The molecule has 2 N–H and O–H groups in total. The van der Waals surface area contributed by atoms with E-state index in [-0.39, 0.29) is 5.11 Å². The van der Waals surface area contributed by atoms with Crippen molar-refractivity contribution in [3.8, 4) is 0 Å². The van der Waals surface area contributed by atoms with Crippen molar-refractivity contribution >= 4 is 40.9 Å². The van der Waals surface area contributed by atoms with Crippen LogP contribution in [-0.2, 0) is 4.74 Å². The summed E-state index contributed by atoms with van der Waals surface area (Å²) in [4.78, 5) is 13.3. The molecule has 0 heterocycles. The molecule has 0 spiro atoms. The van der Waals surface area contributed by atoms with E-state index in [1.54, 1.807) is 11.8 Å². The van der Waals surface area contributed by atoms with Crippen molar-refractivity contribution < 1.29 is 9.53 Å². The fourth-order valence-electron chi connectivity index (χ4n) is 1.57. The van der Waals surface area contributed by atoms with Gasteiger partial charge in [0.05, 0.1) is 7.11 Å². The average molecular weight is 318 g/mol. The Kier molecular flexibility index (Phi) is 5.59. The van der Waals surface area contributed by atoms with Crippen molar-refractivity contribution in [2.24, 2.45) is 0 Å².